The van der Waals surface area contributed by atoms with Crippen molar-refractivity contribution in [1.29, 1.82) is 0 Å². The molecule has 0 amide bonds. The van der Waals surface area contributed by atoms with Gasteiger partial charge in [0.1, 0.15) is 0 Å². The van der Waals surface area contributed by atoms with Gasteiger partial charge in [-0.25, -0.2) is 4.68 Å². The highest BCUT2D eigenvalue weighted by atomic mass is 32.1. The van der Waals surface area contributed by atoms with E-state index >= 15 is 0 Å². The van der Waals surface area contributed by atoms with E-state index in [0.29, 0.717) is 5.75 Å². The van der Waals surface area contributed by atoms with Gasteiger partial charge in [-0.3, -0.25) is 0 Å². The van der Waals surface area contributed by atoms with E-state index in [-0.39, 0.29) is 0 Å². The van der Waals surface area contributed by atoms with E-state index in [2.05, 4.69) is 35.6 Å². The first-order chi connectivity index (χ1) is 8.20. The Labute approximate surface area is 107 Å². The Kier molecular flexibility index (Phi) is 3.55. The zero-order chi connectivity index (χ0) is 12.3. The van der Waals surface area contributed by atoms with E-state index in [1.165, 1.54) is 0 Å². The Morgan fingerprint density at radius 1 is 1.29 bits per heavy atom. The Balaban J connectivity index is 2.43. The molecule has 86 valence electrons. The topological polar surface area (TPSA) is 17.8 Å². The molecule has 0 spiro atoms. The van der Waals surface area contributed by atoms with E-state index in [9.17, 15) is 0 Å². The fourth-order valence-electron chi connectivity index (χ4n) is 1.75. The van der Waals surface area contributed by atoms with Crippen molar-refractivity contribution < 1.29 is 0 Å². The van der Waals surface area contributed by atoms with Crippen molar-refractivity contribution in [2.45, 2.75) is 13.8 Å². The third-order valence-electron chi connectivity index (χ3n) is 2.41. The quantitative estimate of drug-likeness (QED) is 0.601. The Bertz CT molecular complexity index is 588. The van der Waals surface area contributed by atoms with Crippen molar-refractivity contribution in [1.82, 2.24) is 9.78 Å². The summed E-state index contributed by atoms with van der Waals surface area (Å²) in [6, 6.07) is 10.1. The van der Waals surface area contributed by atoms with Gasteiger partial charge in [-0.2, -0.15) is 17.7 Å². The molecular formula is C14H14N2S. The van der Waals surface area contributed by atoms with Crippen molar-refractivity contribution >= 4 is 12.6 Å². The van der Waals surface area contributed by atoms with Gasteiger partial charge in [0.25, 0.3) is 0 Å². The second-order valence-electron chi connectivity index (χ2n) is 3.85. The van der Waals surface area contributed by atoms with E-state index in [0.717, 1.165) is 22.6 Å². The molecule has 0 unspecified atom stereocenters. The van der Waals surface area contributed by atoms with Crippen LogP contribution in [0.3, 0.4) is 0 Å². The molecule has 1 aromatic carbocycles. The predicted molar refractivity (Wildman–Crippen MR) is 73.8 cm³/mol. The van der Waals surface area contributed by atoms with Crippen LogP contribution in [0.5, 0.6) is 0 Å². The first kappa shape index (κ1) is 11.8. The lowest BCUT2D eigenvalue weighted by Gasteiger charge is -2.04. The molecule has 0 saturated carbocycles. The maximum Gasteiger partial charge on any atom is 0.0661 e. The zero-order valence-corrected chi connectivity index (χ0v) is 10.8. The van der Waals surface area contributed by atoms with E-state index in [4.69, 9.17) is 0 Å². The summed E-state index contributed by atoms with van der Waals surface area (Å²) < 4.78 is 1.93. The van der Waals surface area contributed by atoms with Crippen LogP contribution in [0, 0.1) is 25.7 Å². The number of hydrogen-bond acceptors (Lipinski definition) is 2. The minimum atomic E-state index is 0.574. The molecule has 17 heavy (non-hydrogen) atoms. The van der Waals surface area contributed by atoms with Crippen molar-refractivity contribution in [3.8, 4) is 17.5 Å². The van der Waals surface area contributed by atoms with Gasteiger partial charge in [0.2, 0.25) is 0 Å². The third kappa shape index (κ3) is 2.72. The summed E-state index contributed by atoms with van der Waals surface area (Å²) in [6.45, 7) is 4.04. The van der Waals surface area contributed by atoms with Crippen LogP contribution in [0.25, 0.3) is 5.69 Å². The molecular weight excluding hydrogens is 228 g/mol. The second-order valence-corrected chi connectivity index (χ2v) is 4.17. The maximum atomic E-state index is 4.46. The summed E-state index contributed by atoms with van der Waals surface area (Å²) in [5.41, 5.74) is 4.18. The molecule has 0 N–H and O–H groups in total. The normalized spacial score (nSPS) is 9.82. The van der Waals surface area contributed by atoms with Crippen LogP contribution in [-0.2, 0) is 0 Å². The summed E-state index contributed by atoms with van der Waals surface area (Å²) in [6.07, 6.45) is 0. The number of aryl methyl sites for hydroxylation is 2. The average Bonchev–Trinajstić information content (AvgIpc) is 2.66. The van der Waals surface area contributed by atoms with Crippen molar-refractivity contribution in [2.24, 2.45) is 0 Å². The second kappa shape index (κ2) is 5.11. The molecule has 1 heterocycles. The summed E-state index contributed by atoms with van der Waals surface area (Å²) in [4.78, 5) is 0. The number of aromatic nitrogens is 2. The lowest BCUT2D eigenvalue weighted by Crippen LogP contribution is -1.99. The van der Waals surface area contributed by atoms with Crippen LogP contribution in [0.15, 0.2) is 30.3 Å². The van der Waals surface area contributed by atoms with Crippen LogP contribution in [-0.4, -0.2) is 15.5 Å². The molecule has 0 aliphatic rings. The first-order valence-electron chi connectivity index (χ1n) is 5.44. The standard InChI is InChI=1S/C14H14N2S/c1-11-9-12(2)16(15-11)14-7-3-5-13(10-14)6-4-8-17/h3,5,7,9-10,17H,8H2,1-2H3. The monoisotopic (exact) mass is 242 g/mol. The van der Waals surface area contributed by atoms with Gasteiger partial charge in [-0.15, -0.1) is 0 Å². The smallest absolute Gasteiger partial charge is 0.0661 e. The van der Waals surface area contributed by atoms with Crippen LogP contribution < -0.4 is 0 Å². The fraction of sp³-hybridized carbons (Fsp3) is 0.214. The molecule has 0 aliphatic heterocycles. The van der Waals surface area contributed by atoms with Gasteiger partial charge in [-0.1, -0.05) is 17.9 Å². The lowest BCUT2D eigenvalue weighted by molar-refractivity contribution is 0.833. The van der Waals surface area contributed by atoms with Gasteiger partial charge in [-0.05, 0) is 38.1 Å². The predicted octanol–water partition coefficient (Wildman–Crippen LogP) is 2.77. The van der Waals surface area contributed by atoms with Gasteiger partial charge in [0.05, 0.1) is 17.1 Å². The zero-order valence-electron chi connectivity index (χ0n) is 9.94. The summed E-state index contributed by atoms with van der Waals surface area (Å²) >= 11 is 4.08. The van der Waals surface area contributed by atoms with Crippen LogP contribution in [0.1, 0.15) is 17.0 Å². The molecule has 1 aromatic heterocycles. The highest BCUT2D eigenvalue weighted by Crippen LogP contribution is 2.13. The molecule has 0 bridgehead atoms. The SMILES string of the molecule is Cc1cc(C)n(-c2cccc(C#CCS)c2)n1. The Morgan fingerprint density at radius 3 is 2.76 bits per heavy atom. The number of hydrogen-bond donors (Lipinski definition) is 1. The van der Waals surface area contributed by atoms with E-state index < -0.39 is 0 Å². The van der Waals surface area contributed by atoms with Gasteiger partial charge in [0, 0.05) is 11.3 Å². The number of nitrogens with zero attached hydrogens (tertiary/aromatic N) is 2. The van der Waals surface area contributed by atoms with E-state index in [1.54, 1.807) is 0 Å². The number of benzene rings is 1. The highest BCUT2D eigenvalue weighted by molar-refractivity contribution is 7.80. The molecule has 2 nitrogen and oxygen atoms in total. The van der Waals surface area contributed by atoms with Crippen molar-refractivity contribution in [3.63, 3.8) is 0 Å². The molecule has 2 rings (SSSR count). The van der Waals surface area contributed by atoms with Crippen LogP contribution >= 0.6 is 12.6 Å². The Morgan fingerprint density at radius 2 is 2.12 bits per heavy atom. The largest absolute Gasteiger partial charge is 0.238 e. The molecule has 0 saturated heterocycles. The Hall–Kier alpha value is -1.66. The maximum absolute atomic E-state index is 4.46. The van der Waals surface area contributed by atoms with Gasteiger partial charge < -0.3 is 0 Å². The fourth-order valence-corrected chi connectivity index (χ4v) is 1.83. The average molecular weight is 242 g/mol. The summed E-state index contributed by atoms with van der Waals surface area (Å²) in [7, 11) is 0. The minimum absolute atomic E-state index is 0.574. The van der Waals surface area contributed by atoms with Crippen molar-refractivity contribution in [2.75, 3.05) is 5.75 Å². The molecule has 0 aliphatic carbocycles. The highest BCUT2D eigenvalue weighted by Gasteiger charge is 2.03. The van der Waals surface area contributed by atoms with E-state index in [1.807, 2.05) is 42.8 Å². The van der Waals surface area contributed by atoms with Crippen molar-refractivity contribution in [3.05, 3.63) is 47.3 Å². The first-order valence-corrected chi connectivity index (χ1v) is 6.07. The van der Waals surface area contributed by atoms with Crippen LogP contribution in [0.4, 0.5) is 0 Å². The molecule has 2 aromatic rings. The minimum Gasteiger partial charge on any atom is -0.238 e. The molecule has 0 fully saturated rings. The van der Waals surface area contributed by atoms with Gasteiger partial charge >= 0.3 is 0 Å². The molecule has 3 heteroatoms. The van der Waals surface area contributed by atoms with Gasteiger partial charge in [0.15, 0.2) is 0 Å². The summed E-state index contributed by atoms with van der Waals surface area (Å²) in [5, 5.41) is 4.46. The third-order valence-corrected chi connectivity index (χ3v) is 2.57. The number of thiol groups is 1. The number of rotatable bonds is 1. The molecule has 0 radical (unpaired) electrons. The lowest BCUT2D eigenvalue weighted by atomic mass is 10.2. The van der Waals surface area contributed by atoms with Crippen LogP contribution in [0.2, 0.25) is 0 Å². The molecule has 0 atom stereocenters. The summed E-state index contributed by atoms with van der Waals surface area (Å²) in [5.74, 6) is 6.58.